The van der Waals surface area contributed by atoms with Gasteiger partial charge in [-0.1, -0.05) is 137 Å². The number of aromatic nitrogens is 2. The van der Waals surface area contributed by atoms with Crippen LogP contribution in [0.2, 0.25) is 0 Å². The van der Waals surface area contributed by atoms with Crippen molar-refractivity contribution in [1.29, 1.82) is 0 Å². The van der Waals surface area contributed by atoms with Gasteiger partial charge in [0.1, 0.15) is 0 Å². The van der Waals surface area contributed by atoms with E-state index in [1.165, 1.54) is 44.5 Å². The smallest absolute Gasteiger partial charge is 0.0506 e. The summed E-state index contributed by atoms with van der Waals surface area (Å²) in [6.45, 7) is 14.0. The first kappa shape index (κ1) is 30.8. The summed E-state index contributed by atoms with van der Waals surface area (Å²) in [6, 6.07) is 44.2. The molecule has 4 aromatic carbocycles. The second-order valence-electron chi connectivity index (χ2n) is 14.1. The molecule has 2 heteroatoms. The van der Waals surface area contributed by atoms with Crippen molar-refractivity contribution in [2.24, 2.45) is 0 Å². The average Bonchev–Trinajstić information content (AvgIpc) is 3.36. The van der Waals surface area contributed by atoms with Crippen LogP contribution >= 0.6 is 0 Å². The molecule has 47 heavy (non-hydrogen) atoms. The van der Waals surface area contributed by atoms with Crippen LogP contribution in [0.1, 0.15) is 88.0 Å². The predicted octanol–water partition coefficient (Wildman–Crippen LogP) is 11.5. The molecule has 0 fully saturated rings. The highest BCUT2D eigenvalue weighted by Gasteiger charge is 2.39. The summed E-state index contributed by atoms with van der Waals surface area (Å²) in [7, 11) is 0. The van der Waals surface area contributed by atoms with Crippen LogP contribution in [0.4, 0.5) is 0 Å². The van der Waals surface area contributed by atoms with Crippen LogP contribution in [0.15, 0.2) is 134 Å². The van der Waals surface area contributed by atoms with Gasteiger partial charge in [0.15, 0.2) is 0 Å². The molecule has 2 aromatic heterocycles. The van der Waals surface area contributed by atoms with E-state index < -0.39 is 0 Å². The fourth-order valence-electron chi connectivity index (χ4n) is 7.53. The summed E-state index contributed by atoms with van der Waals surface area (Å²) in [6.07, 6.45) is 5.99. The van der Waals surface area contributed by atoms with Gasteiger partial charge in [-0.25, -0.2) is 0 Å². The van der Waals surface area contributed by atoms with Crippen LogP contribution in [0.25, 0.3) is 33.4 Å². The summed E-state index contributed by atoms with van der Waals surface area (Å²) in [4.78, 5) is 10.1. The van der Waals surface area contributed by atoms with Crippen LogP contribution in [0, 0.1) is 0 Å². The second kappa shape index (κ2) is 11.8. The zero-order chi connectivity index (χ0) is 32.8. The number of fused-ring (bicyclic) bond motifs is 3. The Labute approximate surface area is 280 Å². The van der Waals surface area contributed by atoms with Gasteiger partial charge in [0.25, 0.3) is 0 Å². The van der Waals surface area contributed by atoms with Gasteiger partial charge in [-0.15, -0.1) is 0 Å². The lowest BCUT2D eigenvalue weighted by atomic mass is 9.73. The minimum Gasteiger partial charge on any atom is -0.260 e. The van der Waals surface area contributed by atoms with E-state index in [0.29, 0.717) is 0 Å². The average molecular weight is 613 g/mol. The Kier molecular flexibility index (Phi) is 7.71. The van der Waals surface area contributed by atoms with E-state index in [-0.39, 0.29) is 16.2 Å². The van der Waals surface area contributed by atoms with Gasteiger partial charge in [0, 0.05) is 39.8 Å². The molecule has 7 rings (SSSR count). The van der Waals surface area contributed by atoms with E-state index in [4.69, 9.17) is 9.97 Å². The third-order valence-corrected chi connectivity index (χ3v) is 11.2. The van der Waals surface area contributed by atoms with Crippen molar-refractivity contribution < 1.29 is 0 Å². The van der Waals surface area contributed by atoms with E-state index in [1.54, 1.807) is 0 Å². The second-order valence-corrected chi connectivity index (χ2v) is 14.1. The maximum atomic E-state index is 5.04. The number of hydrogen-bond acceptors (Lipinski definition) is 2. The molecule has 2 heterocycles. The number of benzene rings is 4. The molecule has 2 nitrogen and oxygen atoms in total. The fourth-order valence-corrected chi connectivity index (χ4v) is 7.53. The molecule has 2 unspecified atom stereocenters. The van der Waals surface area contributed by atoms with E-state index >= 15 is 0 Å². The van der Waals surface area contributed by atoms with Crippen molar-refractivity contribution in [2.45, 2.75) is 70.6 Å². The minimum absolute atomic E-state index is 0.130. The molecule has 0 saturated carbocycles. The van der Waals surface area contributed by atoms with Crippen molar-refractivity contribution in [3.8, 4) is 33.4 Å². The van der Waals surface area contributed by atoms with Gasteiger partial charge < -0.3 is 0 Å². The summed E-state index contributed by atoms with van der Waals surface area (Å²) in [5.41, 5.74) is 14.5. The number of pyridine rings is 2. The quantitative estimate of drug-likeness (QED) is 0.171. The maximum absolute atomic E-state index is 5.04. The van der Waals surface area contributed by atoms with E-state index in [2.05, 4.69) is 163 Å². The molecule has 6 aromatic rings. The van der Waals surface area contributed by atoms with Crippen LogP contribution in [0.3, 0.4) is 0 Å². The monoisotopic (exact) mass is 612 g/mol. The number of hydrogen-bond donors (Lipinski definition) is 0. The van der Waals surface area contributed by atoms with E-state index in [9.17, 15) is 0 Å². The minimum atomic E-state index is -0.196. The normalized spacial score (nSPS) is 15.7. The highest BCUT2D eigenvalue weighted by Crippen LogP contribution is 2.52. The van der Waals surface area contributed by atoms with Crippen molar-refractivity contribution in [1.82, 2.24) is 9.97 Å². The molecule has 0 spiro atoms. The first-order valence-corrected chi connectivity index (χ1v) is 17.0. The van der Waals surface area contributed by atoms with E-state index in [1.807, 2.05) is 12.4 Å². The molecule has 0 radical (unpaired) electrons. The van der Waals surface area contributed by atoms with Crippen LogP contribution < -0.4 is 0 Å². The maximum Gasteiger partial charge on any atom is 0.0506 e. The largest absolute Gasteiger partial charge is 0.260 e. The Balaban J connectivity index is 1.22. The third-order valence-electron chi connectivity index (χ3n) is 11.2. The molecule has 0 aliphatic heterocycles. The van der Waals surface area contributed by atoms with Gasteiger partial charge >= 0.3 is 0 Å². The summed E-state index contributed by atoms with van der Waals surface area (Å²) >= 11 is 0. The highest BCUT2D eigenvalue weighted by atomic mass is 14.7. The Morgan fingerprint density at radius 3 is 1.23 bits per heavy atom. The Bertz CT molecular complexity index is 1880. The lowest BCUT2D eigenvalue weighted by molar-refractivity contribution is 0.528. The Morgan fingerprint density at radius 2 is 0.894 bits per heavy atom. The highest BCUT2D eigenvalue weighted by molar-refractivity contribution is 5.82. The Hall–Kier alpha value is -4.82. The zero-order valence-corrected chi connectivity index (χ0v) is 28.5. The number of nitrogens with zero attached hydrogens (tertiary/aromatic N) is 2. The molecule has 1 aliphatic rings. The van der Waals surface area contributed by atoms with Crippen molar-refractivity contribution in [2.75, 3.05) is 0 Å². The van der Waals surface area contributed by atoms with Crippen molar-refractivity contribution in [3.63, 3.8) is 0 Å². The number of rotatable bonds is 8. The molecular formula is C45H44N2. The Morgan fingerprint density at radius 1 is 0.489 bits per heavy atom. The van der Waals surface area contributed by atoms with Crippen molar-refractivity contribution >= 4 is 0 Å². The van der Waals surface area contributed by atoms with Crippen LogP contribution in [0.5, 0.6) is 0 Å². The van der Waals surface area contributed by atoms with E-state index in [0.717, 1.165) is 35.4 Å². The molecule has 2 atom stereocenters. The zero-order valence-electron chi connectivity index (χ0n) is 28.5. The van der Waals surface area contributed by atoms with Gasteiger partial charge in [0.05, 0.1) is 11.4 Å². The van der Waals surface area contributed by atoms with Crippen molar-refractivity contribution in [3.05, 3.63) is 167 Å². The van der Waals surface area contributed by atoms with Crippen LogP contribution in [-0.2, 0) is 16.2 Å². The van der Waals surface area contributed by atoms with Gasteiger partial charge in [-0.2, -0.15) is 0 Å². The molecule has 0 bridgehead atoms. The van der Waals surface area contributed by atoms with Gasteiger partial charge in [-0.05, 0) is 83.3 Å². The standard InChI is InChI=1S/C45H44N2/c1-7-44(5,41-25-19-33(29-46-41)31-15-11-9-12-16-31)35-21-23-37-38-24-22-36(28-40(38)43(3,4)39(37)27-35)45(6,8-2)42-26-20-34(30-47-42)32-17-13-10-14-18-32/h9-30H,7-8H2,1-6H3. The predicted molar refractivity (Wildman–Crippen MR) is 197 cm³/mol. The summed E-state index contributed by atoms with van der Waals surface area (Å²) in [5.74, 6) is 0. The SMILES string of the molecule is CCC(C)(c1ccc2c(c1)C(C)(C)c1cc(C(C)(CC)c3ccc(-c4ccccc4)cn3)ccc1-2)c1ccc(-c2ccccc2)cn1. The topological polar surface area (TPSA) is 25.8 Å². The fraction of sp³-hybridized carbons (Fsp3) is 0.244. The van der Waals surface area contributed by atoms with Crippen LogP contribution in [-0.4, -0.2) is 9.97 Å². The molecule has 0 amide bonds. The lowest BCUT2D eigenvalue weighted by Crippen LogP contribution is -2.26. The lowest BCUT2D eigenvalue weighted by Gasteiger charge is -2.31. The molecule has 234 valence electrons. The molecule has 0 N–H and O–H groups in total. The molecular weight excluding hydrogens is 569 g/mol. The molecule has 1 aliphatic carbocycles. The first-order chi connectivity index (χ1) is 22.7. The third kappa shape index (κ3) is 5.11. The van der Waals surface area contributed by atoms with Gasteiger partial charge in [-0.3, -0.25) is 9.97 Å². The molecule has 0 saturated heterocycles. The van der Waals surface area contributed by atoms with Gasteiger partial charge in [0.2, 0.25) is 0 Å². The summed E-state index contributed by atoms with van der Waals surface area (Å²) < 4.78 is 0. The summed E-state index contributed by atoms with van der Waals surface area (Å²) in [5, 5.41) is 0. The first-order valence-electron chi connectivity index (χ1n) is 17.0.